The number of hydrogen-bond acceptors (Lipinski definition) is 3. The molecule has 1 aromatic rings. The maximum atomic E-state index is 12.4. The predicted octanol–water partition coefficient (Wildman–Crippen LogP) is 3.30. The summed E-state index contributed by atoms with van der Waals surface area (Å²) in [5, 5.41) is 3.28. The summed E-state index contributed by atoms with van der Waals surface area (Å²) in [6.07, 6.45) is 5.00. The molecule has 1 heterocycles. The molecule has 0 saturated heterocycles. The lowest BCUT2D eigenvalue weighted by Crippen LogP contribution is -2.19. The smallest absolute Gasteiger partial charge is 0.107 e. The molecule has 1 aliphatic heterocycles. The third kappa shape index (κ3) is 4.46. The average molecular weight is 311 g/mol. The van der Waals surface area contributed by atoms with Gasteiger partial charge in [0.15, 0.2) is 0 Å². The number of halogens is 1. The fourth-order valence-corrected chi connectivity index (χ4v) is 2.27. The molecule has 0 aromatic heterocycles. The van der Waals surface area contributed by atoms with Crippen molar-refractivity contribution in [2.75, 3.05) is 32.2 Å². The third-order valence-corrected chi connectivity index (χ3v) is 3.55. The number of alkyl halides is 1. The zero-order valence-electron chi connectivity index (χ0n) is 13.9. The van der Waals surface area contributed by atoms with Crippen molar-refractivity contribution in [2.45, 2.75) is 13.3 Å². The molecule has 0 saturated carbocycles. The Kier molecular flexibility index (Phi) is 5.99. The van der Waals surface area contributed by atoms with Crippen LogP contribution in [0.25, 0.3) is 0 Å². The monoisotopic (exact) mass is 311 g/mol. The van der Waals surface area contributed by atoms with Crippen molar-refractivity contribution in [2.24, 2.45) is 4.99 Å². The quantitative estimate of drug-likeness (QED) is 0.864. The largest absolute Gasteiger partial charge is 0.372 e. The lowest BCUT2D eigenvalue weighted by atomic mass is 10.2. The Morgan fingerprint density at radius 1 is 1.26 bits per heavy atom. The zero-order valence-corrected chi connectivity index (χ0v) is 13.9. The van der Waals surface area contributed by atoms with Gasteiger partial charge in [-0.2, -0.15) is 0 Å². The second-order valence-corrected chi connectivity index (χ2v) is 5.23. The standard InChI is InChI=1S/C19H22FN3/c1-4-5-18-19(21-2)14-16(22-18)9-6-15-7-10-17(11-8-15)23(3)13-12-20/h5,7-8,10-11,14,22H,4,12-13H2,1-3H3/b18-5+,21-19?. The van der Waals surface area contributed by atoms with E-state index >= 15 is 0 Å². The molecule has 0 fully saturated rings. The summed E-state index contributed by atoms with van der Waals surface area (Å²) in [7, 11) is 3.65. The molecule has 120 valence electrons. The van der Waals surface area contributed by atoms with Crippen LogP contribution in [0.1, 0.15) is 18.9 Å². The molecule has 0 spiro atoms. The maximum absolute atomic E-state index is 12.4. The number of nitrogens with one attached hydrogen (secondary N) is 1. The topological polar surface area (TPSA) is 27.6 Å². The van der Waals surface area contributed by atoms with E-state index in [-0.39, 0.29) is 6.67 Å². The minimum Gasteiger partial charge on any atom is -0.372 e. The van der Waals surface area contributed by atoms with Crippen molar-refractivity contribution in [3.8, 4) is 11.8 Å². The first-order valence-corrected chi connectivity index (χ1v) is 7.73. The van der Waals surface area contributed by atoms with E-state index in [0.29, 0.717) is 6.54 Å². The molecule has 4 heteroatoms. The normalized spacial score (nSPS) is 16.8. The van der Waals surface area contributed by atoms with Crippen LogP contribution in [0.3, 0.4) is 0 Å². The molecule has 0 aliphatic carbocycles. The number of hydrogen-bond donors (Lipinski definition) is 1. The fraction of sp³-hybridized carbons (Fsp3) is 0.316. The van der Waals surface area contributed by atoms with Gasteiger partial charge in [-0.25, -0.2) is 4.39 Å². The van der Waals surface area contributed by atoms with Gasteiger partial charge in [-0.1, -0.05) is 18.9 Å². The summed E-state index contributed by atoms with van der Waals surface area (Å²) < 4.78 is 12.4. The highest BCUT2D eigenvalue weighted by atomic mass is 19.1. The Labute approximate surface area is 137 Å². The SMILES string of the molecule is CC/C=C1/NC(C#Cc2ccc(N(C)CCF)cc2)=CC1=NC. The van der Waals surface area contributed by atoms with Crippen molar-refractivity contribution in [3.63, 3.8) is 0 Å². The summed E-state index contributed by atoms with van der Waals surface area (Å²) in [6, 6.07) is 7.81. The lowest BCUT2D eigenvalue weighted by Gasteiger charge is -2.16. The highest BCUT2D eigenvalue weighted by molar-refractivity contribution is 6.11. The summed E-state index contributed by atoms with van der Waals surface area (Å²) in [5.74, 6) is 6.27. The van der Waals surface area contributed by atoms with Crippen molar-refractivity contribution in [1.82, 2.24) is 5.32 Å². The average Bonchev–Trinajstić information content (AvgIpc) is 2.96. The van der Waals surface area contributed by atoms with Crippen LogP contribution in [0.5, 0.6) is 0 Å². The molecule has 0 amide bonds. The van der Waals surface area contributed by atoms with E-state index in [9.17, 15) is 4.39 Å². The van der Waals surface area contributed by atoms with Crippen LogP contribution >= 0.6 is 0 Å². The zero-order chi connectivity index (χ0) is 16.7. The molecule has 0 unspecified atom stereocenters. The van der Waals surface area contributed by atoms with E-state index in [1.807, 2.05) is 42.3 Å². The summed E-state index contributed by atoms with van der Waals surface area (Å²) in [6.45, 7) is 2.13. The molecule has 1 N–H and O–H groups in total. The Morgan fingerprint density at radius 2 is 2.00 bits per heavy atom. The number of aliphatic imine (C=N–C) groups is 1. The van der Waals surface area contributed by atoms with Crippen molar-refractivity contribution in [1.29, 1.82) is 0 Å². The Hall–Kier alpha value is -2.54. The number of anilines is 1. The summed E-state index contributed by atoms with van der Waals surface area (Å²) in [4.78, 5) is 6.13. The second kappa shape index (κ2) is 8.19. The molecule has 2 rings (SSSR count). The second-order valence-electron chi connectivity index (χ2n) is 5.23. The van der Waals surface area contributed by atoms with Crippen molar-refractivity contribution >= 4 is 11.4 Å². The van der Waals surface area contributed by atoms with E-state index in [1.165, 1.54) is 0 Å². The van der Waals surface area contributed by atoms with E-state index < -0.39 is 0 Å². The van der Waals surface area contributed by atoms with E-state index in [1.54, 1.807) is 7.05 Å². The van der Waals surface area contributed by atoms with Crippen LogP contribution in [-0.2, 0) is 0 Å². The van der Waals surface area contributed by atoms with Crippen LogP contribution < -0.4 is 10.2 Å². The first-order chi connectivity index (χ1) is 11.2. The van der Waals surface area contributed by atoms with Crippen LogP contribution in [-0.4, -0.2) is 33.0 Å². The molecule has 1 aliphatic rings. The first-order valence-electron chi connectivity index (χ1n) is 7.73. The molecule has 3 nitrogen and oxygen atoms in total. The predicted molar refractivity (Wildman–Crippen MR) is 95.5 cm³/mol. The summed E-state index contributed by atoms with van der Waals surface area (Å²) in [5.41, 5.74) is 4.71. The van der Waals surface area contributed by atoms with Gasteiger partial charge in [0.05, 0.1) is 17.1 Å². The molecule has 0 atom stereocenters. The van der Waals surface area contributed by atoms with Crippen molar-refractivity contribution in [3.05, 3.63) is 53.4 Å². The molecule has 1 aromatic carbocycles. The Balaban J connectivity index is 2.09. The fourth-order valence-electron chi connectivity index (χ4n) is 2.27. The van der Waals surface area contributed by atoms with Crippen LogP contribution in [0.15, 0.2) is 52.8 Å². The van der Waals surface area contributed by atoms with Crippen LogP contribution in [0.2, 0.25) is 0 Å². The number of benzene rings is 1. The van der Waals surface area contributed by atoms with Crippen LogP contribution in [0, 0.1) is 11.8 Å². The summed E-state index contributed by atoms with van der Waals surface area (Å²) >= 11 is 0. The number of nitrogens with zero attached hydrogens (tertiary/aromatic N) is 2. The van der Waals surface area contributed by atoms with Gasteiger partial charge in [-0.15, -0.1) is 0 Å². The third-order valence-electron chi connectivity index (χ3n) is 3.55. The lowest BCUT2D eigenvalue weighted by molar-refractivity contribution is 0.497. The van der Waals surface area contributed by atoms with E-state index in [2.05, 4.69) is 35.1 Å². The van der Waals surface area contributed by atoms with Crippen molar-refractivity contribution < 1.29 is 4.39 Å². The van der Waals surface area contributed by atoms with Crippen LogP contribution in [0.4, 0.5) is 10.1 Å². The Morgan fingerprint density at radius 3 is 2.61 bits per heavy atom. The number of rotatable bonds is 4. The van der Waals surface area contributed by atoms with Gasteiger partial charge in [0.25, 0.3) is 0 Å². The van der Waals surface area contributed by atoms with E-state index in [0.717, 1.165) is 34.8 Å². The van der Waals surface area contributed by atoms with Gasteiger partial charge < -0.3 is 10.2 Å². The minimum absolute atomic E-state index is 0.354. The molecule has 23 heavy (non-hydrogen) atoms. The van der Waals surface area contributed by atoms with Gasteiger partial charge in [-0.05, 0) is 42.7 Å². The highest BCUT2D eigenvalue weighted by Gasteiger charge is 2.12. The van der Waals surface area contributed by atoms with Gasteiger partial charge >= 0.3 is 0 Å². The maximum Gasteiger partial charge on any atom is 0.107 e. The molecular formula is C19H22FN3. The van der Waals surface area contributed by atoms with Gasteiger partial charge in [0.1, 0.15) is 6.67 Å². The van der Waals surface area contributed by atoms with E-state index in [4.69, 9.17) is 0 Å². The minimum atomic E-state index is -0.354. The number of allylic oxidation sites excluding steroid dienone is 3. The van der Waals surface area contributed by atoms with Gasteiger partial charge in [0.2, 0.25) is 0 Å². The molecule has 0 radical (unpaired) electrons. The highest BCUT2D eigenvalue weighted by Crippen LogP contribution is 2.14. The van der Waals surface area contributed by atoms with Gasteiger partial charge in [0, 0.05) is 31.9 Å². The van der Waals surface area contributed by atoms with Gasteiger partial charge in [-0.3, -0.25) is 4.99 Å². The molecular weight excluding hydrogens is 289 g/mol. The molecule has 0 bridgehead atoms. The first kappa shape index (κ1) is 16.8. The Bertz CT molecular complexity index is 688.